The average Bonchev–Trinajstić information content (AvgIpc) is 2.92. The lowest BCUT2D eigenvalue weighted by Gasteiger charge is -2.22. The predicted octanol–water partition coefficient (Wildman–Crippen LogP) is 4.59. The molecule has 0 aliphatic carbocycles. The van der Waals surface area contributed by atoms with Gasteiger partial charge >= 0.3 is 0 Å². The maximum atomic E-state index is 4.75. The second-order valence-corrected chi connectivity index (χ2v) is 6.45. The van der Waals surface area contributed by atoms with Crippen LogP contribution in [0.3, 0.4) is 0 Å². The van der Waals surface area contributed by atoms with E-state index in [2.05, 4.69) is 56.9 Å². The summed E-state index contributed by atoms with van der Waals surface area (Å²) in [7, 11) is 0. The standard InChI is InChI=1S/C18H35N3/c1-6-13-19-18(15(4)5)11-9-10-16-12-14-21(20-16)17(7-2)8-3/h12,14-15,17-19H,6-11,13H2,1-5H3. The first-order chi connectivity index (χ1) is 10.1. The van der Waals surface area contributed by atoms with E-state index in [1.807, 2.05) is 0 Å². The molecule has 21 heavy (non-hydrogen) atoms. The van der Waals surface area contributed by atoms with Crippen molar-refractivity contribution in [2.75, 3.05) is 6.54 Å². The van der Waals surface area contributed by atoms with Crippen molar-refractivity contribution < 1.29 is 0 Å². The maximum absolute atomic E-state index is 4.75. The van der Waals surface area contributed by atoms with Crippen LogP contribution in [0.5, 0.6) is 0 Å². The second-order valence-electron chi connectivity index (χ2n) is 6.45. The van der Waals surface area contributed by atoms with Crippen LogP contribution in [0.1, 0.15) is 78.5 Å². The Morgan fingerprint density at radius 1 is 1.19 bits per heavy atom. The first kappa shape index (κ1) is 18.2. The Balaban J connectivity index is 2.40. The molecule has 0 amide bonds. The SMILES string of the molecule is CCCNC(CCCc1ccn(C(CC)CC)n1)C(C)C. The first-order valence-electron chi connectivity index (χ1n) is 8.89. The van der Waals surface area contributed by atoms with Crippen molar-refractivity contribution in [1.29, 1.82) is 0 Å². The van der Waals surface area contributed by atoms with E-state index in [0.717, 1.165) is 25.8 Å². The molecule has 1 unspecified atom stereocenters. The molecule has 0 saturated carbocycles. The first-order valence-corrected chi connectivity index (χ1v) is 8.89. The lowest BCUT2D eigenvalue weighted by atomic mass is 9.98. The summed E-state index contributed by atoms with van der Waals surface area (Å²) >= 11 is 0. The lowest BCUT2D eigenvalue weighted by molar-refractivity contribution is 0.369. The molecule has 0 radical (unpaired) electrons. The summed E-state index contributed by atoms with van der Waals surface area (Å²) in [6, 6.07) is 3.40. The molecular weight excluding hydrogens is 258 g/mol. The fourth-order valence-corrected chi connectivity index (χ4v) is 2.88. The van der Waals surface area contributed by atoms with Crippen LogP contribution in [-0.4, -0.2) is 22.4 Å². The van der Waals surface area contributed by atoms with Crippen LogP contribution in [0.4, 0.5) is 0 Å². The molecule has 0 aromatic carbocycles. The molecule has 1 aromatic rings. The highest BCUT2D eigenvalue weighted by Crippen LogP contribution is 2.16. The topological polar surface area (TPSA) is 29.9 Å². The molecule has 3 heteroatoms. The second kappa shape index (κ2) is 9.99. The highest BCUT2D eigenvalue weighted by atomic mass is 15.3. The van der Waals surface area contributed by atoms with Crippen molar-refractivity contribution in [2.24, 2.45) is 5.92 Å². The summed E-state index contributed by atoms with van der Waals surface area (Å²) in [6.45, 7) is 12.5. The number of hydrogen-bond donors (Lipinski definition) is 1. The molecule has 122 valence electrons. The van der Waals surface area contributed by atoms with Gasteiger partial charge in [0.1, 0.15) is 0 Å². The number of rotatable bonds is 11. The van der Waals surface area contributed by atoms with Gasteiger partial charge in [-0.05, 0) is 57.1 Å². The molecule has 1 atom stereocenters. The Kier molecular flexibility index (Phi) is 8.67. The molecule has 1 rings (SSSR count). The van der Waals surface area contributed by atoms with E-state index >= 15 is 0 Å². The Labute approximate surface area is 131 Å². The van der Waals surface area contributed by atoms with Crippen molar-refractivity contribution in [3.63, 3.8) is 0 Å². The zero-order chi connectivity index (χ0) is 15.7. The van der Waals surface area contributed by atoms with Gasteiger partial charge in [-0.25, -0.2) is 0 Å². The third-order valence-electron chi connectivity index (χ3n) is 4.39. The largest absolute Gasteiger partial charge is 0.314 e. The third kappa shape index (κ3) is 6.21. The zero-order valence-corrected chi connectivity index (χ0v) is 14.7. The van der Waals surface area contributed by atoms with Gasteiger partial charge in [-0.3, -0.25) is 4.68 Å². The minimum absolute atomic E-state index is 0.563. The van der Waals surface area contributed by atoms with Gasteiger partial charge in [-0.1, -0.05) is 34.6 Å². The van der Waals surface area contributed by atoms with Crippen LogP contribution in [-0.2, 0) is 6.42 Å². The monoisotopic (exact) mass is 293 g/mol. The molecule has 1 N–H and O–H groups in total. The Bertz CT molecular complexity index is 366. The lowest BCUT2D eigenvalue weighted by Crippen LogP contribution is -2.34. The summed E-state index contributed by atoms with van der Waals surface area (Å²) in [6.07, 6.45) is 9.26. The number of hydrogen-bond acceptors (Lipinski definition) is 2. The molecule has 0 saturated heterocycles. The molecule has 0 aliphatic rings. The van der Waals surface area contributed by atoms with E-state index < -0.39 is 0 Å². The number of nitrogens with zero attached hydrogens (tertiary/aromatic N) is 2. The van der Waals surface area contributed by atoms with Gasteiger partial charge in [-0.2, -0.15) is 5.10 Å². The third-order valence-corrected chi connectivity index (χ3v) is 4.39. The van der Waals surface area contributed by atoms with Crippen LogP contribution >= 0.6 is 0 Å². The molecule has 0 spiro atoms. The highest BCUT2D eigenvalue weighted by molar-refractivity contribution is 5.00. The molecule has 1 heterocycles. The van der Waals surface area contributed by atoms with Gasteiger partial charge in [0.2, 0.25) is 0 Å². The molecule has 0 bridgehead atoms. The maximum Gasteiger partial charge on any atom is 0.0624 e. The van der Waals surface area contributed by atoms with Crippen molar-refractivity contribution in [3.05, 3.63) is 18.0 Å². The van der Waals surface area contributed by atoms with Crippen LogP contribution < -0.4 is 5.32 Å². The molecule has 3 nitrogen and oxygen atoms in total. The smallest absolute Gasteiger partial charge is 0.0624 e. The van der Waals surface area contributed by atoms with Gasteiger partial charge in [-0.15, -0.1) is 0 Å². The number of nitrogens with one attached hydrogen (secondary N) is 1. The minimum atomic E-state index is 0.563. The summed E-state index contributed by atoms with van der Waals surface area (Å²) in [5.41, 5.74) is 1.25. The fourth-order valence-electron chi connectivity index (χ4n) is 2.88. The zero-order valence-electron chi connectivity index (χ0n) is 14.7. The molecule has 1 aromatic heterocycles. The van der Waals surface area contributed by atoms with E-state index in [1.54, 1.807) is 0 Å². The van der Waals surface area contributed by atoms with Crippen LogP contribution in [0.15, 0.2) is 12.3 Å². The Hall–Kier alpha value is -0.830. The van der Waals surface area contributed by atoms with E-state index in [-0.39, 0.29) is 0 Å². The Morgan fingerprint density at radius 3 is 2.48 bits per heavy atom. The highest BCUT2D eigenvalue weighted by Gasteiger charge is 2.13. The number of aryl methyl sites for hydroxylation is 1. The quantitative estimate of drug-likeness (QED) is 0.646. The van der Waals surface area contributed by atoms with Gasteiger partial charge in [0.15, 0.2) is 0 Å². The van der Waals surface area contributed by atoms with Crippen LogP contribution in [0, 0.1) is 5.92 Å². The minimum Gasteiger partial charge on any atom is -0.314 e. The summed E-state index contributed by atoms with van der Waals surface area (Å²) in [5.74, 6) is 0.707. The molecular formula is C18H35N3. The van der Waals surface area contributed by atoms with Gasteiger partial charge in [0.25, 0.3) is 0 Å². The summed E-state index contributed by atoms with van der Waals surface area (Å²) in [4.78, 5) is 0. The molecule has 0 fully saturated rings. The Morgan fingerprint density at radius 2 is 1.90 bits per heavy atom. The fraction of sp³-hybridized carbons (Fsp3) is 0.833. The van der Waals surface area contributed by atoms with Crippen molar-refractivity contribution in [1.82, 2.24) is 15.1 Å². The number of aromatic nitrogens is 2. The van der Waals surface area contributed by atoms with Crippen molar-refractivity contribution in [2.45, 2.75) is 85.2 Å². The van der Waals surface area contributed by atoms with Crippen LogP contribution in [0.2, 0.25) is 0 Å². The normalized spacial score (nSPS) is 13.3. The van der Waals surface area contributed by atoms with E-state index in [0.29, 0.717) is 18.0 Å². The van der Waals surface area contributed by atoms with E-state index in [1.165, 1.54) is 25.0 Å². The summed E-state index contributed by atoms with van der Waals surface area (Å²) < 4.78 is 2.16. The van der Waals surface area contributed by atoms with Gasteiger partial charge < -0.3 is 5.32 Å². The van der Waals surface area contributed by atoms with Crippen molar-refractivity contribution in [3.8, 4) is 0 Å². The van der Waals surface area contributed by atoms with E-state index in [4.69, 9.17) is 5.10 Å². The van der Waals surface area contributed by atoms with Gasteiger partial charge in [0.05, 0.1) is 11.7 Å². The van der Waals surface area contributed by atoms with Gasteiger partial charge in [0, 0.05) is 12.2 Å². The van der Waals surface area contributed by atoms with Crippen molar-refractivity contribution >= 4 is 0 Å². The predicted molar refractivity (Wildman–Crippen MR) is 91.7 cm³/mol. The van der Waals surface area contributed by atoms with Crippen LogP contribution in [0.25, 0.3) is 0 Å². The molecule has 0 aliphatic heterocycles. The summed E-state index contributed by atoms with van der Waals surface area (Å²) in [5, 5.41) is 8.42. The average molecular weight is 293 g/mol. The van der Waals surface area contributed by atoms with E-state index in [9.17, 15) is 0 Å².